The summed E-state index contributed by atoms with van der Waals surface area (Å²) in [6, 6.07) is 7.32. The molecule has 0 spiro atoms. The van der Waals surface area contributed by atoms with E-state index in [-0.39, 0.29) is 5.75 Å². The van der Waals surface area contributed by atoms with Gasteiger partial charge in [-0.3, -0.25) is 0 Å². The first-order chi connectivity index (χ1) is 9.81. The van der Waals surface area contributed by atoms with Gasteiger partial charge in [0.05, 0.1) is 12.4 Å². The van der Waals surface area contributed by atoms with E-state index in [0.29, 0.717) is 24.2 Å². The molecule has 1 aliphatic heterocycles. The van der Waals surface area contributed by atoms with Crippen molar-refractivity contribution >= 4 is 0 Å². The molecule has 2 N–H and O–H groups in total. The standard InChI is InChI=1S/C15H17N3O2/c19-13-5-1-3-11(7-13)15-17-8-14(9-18-15)20-10-12-4-2-6-16-12/h1,3,5,7-9,12,16,19H,2,4,6,10H2. The van der Waals surface area contributed by atoms with Crippen LogP contribution >= 0.6 is 0 Å². The van der Waals surface area contributed by atoms with Crippen LogP contribution in [0.2, 0.25) is 0 Å². The van der Waals surface area contributed by atoms with Gasteiger partial charge in [0.1, 0.15) is 12.4 Å². The lowest BCUT2D eigenvalue weighted by molar-refractivity contribution is 0.275. The third kappa shape index (κ3) is 3.05. The van der Waals surface area contributed by atoms with E-state index in [0.717, 1.165) is 18.5 Å². The Balaban J connectivity index is 1.65. The van der Waals surface area contributed by atoms with E-state index in [2.05, 4.69) is 15.3 Å². The number of benzene rings is 1. The number of nitrogens with zero attached hydrogens (tertiary/aromatic N) is 2. The molecule has 20 heavy (non-hydrogen) atoms. The second-order valence-electron chi connectivity index (χ2n) is 4.90. The number of hydrogen-bond donors (Lipinski definition) is 2. The summed E-state index contributed by atoms with van der Waals surface area (Å²) >= 11 is 0. The van der Waals surface area contributed by atoms with Crippen LogP contribution in [0.15, 0.2) is 36.7 Å². The number of phenols is 1. The van der Waals surface area contributed by atoms with Gasteiger partial charge in [-0.05, 0) is 31.5 Å². The Morgan fingerprint density at radius 2 is 2.15 bits per heavy atom. The van der Waals surface area contributed by atoms with Gasteiger partial charge in [0.25, 0.3) is 0 Å². The second-order valence-corrected chi connectivity index (χ2v) is 4.90. The van der Waals surface area contributed by atoms with E-state index in [1.54, 1.807) is 30.6 Å². The zero-order valence-electron chi connectivity index (χ0n) is 11.1. The Labute approximate surface area is 117 Å². The molecule has 1 aromatic heterocycles. The van der Waals surface area contributed by atoms with Gasteiger partial charge in [-0.25, -0.2) is 9.97 Å². The maximum absolute atomic E-state index is 9.45. The SMILES string of the molecule is Oc1cccc(-c2ncc(OCC3CCCN3)cn2)c1. The topological polar surface area (TPSA) is 67.3 Å². The quantitative estimate of drug-likeness (QED) is 0.890. The van der Waals surface area contributed by atoms with Crippen molar-refractivity contribution in [3.63, 3.8) is 0 Å². The summed E-state index contributed by atoms with van der Waals surface area (Å²) in [6.07, 6.45) is 5.70. The lowest BCUT2D eigenvalue weighted by atomic mass is 10.2. The first-order valence-corrected chi connectivity index (χ1v) is 6.79. The van der Waals surface area contributed by atoms with Gasteiger partial charge in [0, 0.05) is 11.6 Å². The third-order valence-corrected chi connectivity index (χ3v) is 3.35. The Bertz CT molecular complexity index is 566. The molecule has 104 valence electrons. The lowest BCUT2D eigenvalue weighted by Crippen LogP contribution is -2.28. The van der Waals surface area contributed by atoms with Crippen molar-refractivity contribution in [3.05, 3.63) is 36.7 Å². The smallest absolute Gasteiger partial charge is 0.159 e. The lowest BCUT2D eigenvalue weighted by Gasteiger charge is -2.11. The fourth-order valence-electron chi connectivity index (χ4n) is 2.28. The second kappa shape index (κ2) is 5.88. The molecule has 5 heteroatoms. The van der Waals surface area contributed by atoms with Crippen LogP contribution in [0.4, 0.5) is 0 Å². The summed E-state index contributed by atoms with van der Waals surface area (Å²) in [5.41, 5.74) is 0.786. The Morgan fingerprint density at radius 1 is 1.30 bits per heavy atom. The van der Waals surface area contributed by atoms with E-state index in [9.17, 15) is 5.11 Å². The first-order valence-electron chi connectivity index (χ1n) is 6.79. The molecule has 1 fully saturated rings. The molecule has 0 bridgehead atoms. The van der Waals surface area contributed by atoms with Crippen molar-refractivity contribution in [2.75, 3.05) is 13.2 Å². The number of aromatic hydroxyl groups is 1. The molecule has 0 radical (unpaired) electrons. The van der Waals surface area contributed by atoms with Crippen LogP contribution in [-0.4, -0.2) is 34.3 Å². The molecule has 2 aromatic rings. The van der Waals surface area contributed by atoms with E-state index < -0.39 is 0 Å². The van der Waals surface area contributed by atoms with Crippen molar-refractivity contribution in [1.29, 1.82) is 0 Å². The van der Waals surface area contributed by atoms with Crippen LogP contribution in [0.5, 0.6) is 11.5 Å². The molecule has 1 atom stereocenters. The van der Waals surface area contributed by atoms with E-state index in [4.69, 9.17) is 4.74 Å². The minimum absolute atomic E-state index is 0.207. The minimum atomic E-state index is 0.207. The Kier molecular flexibility index (Phi) is 3.78. The number of rotatable bonds is 4. The molecular weight excluding hydrogens is 254 g/mol. The summed E-state index contributed by atoms with van der Waals surface area (Å²) in [4.78, 5) is 8.54. The summed E-state index contributed by atoms with van der Waals surface area (Å²) in [6.45, 7) is 1.72. The number of aromatic nitrogens is 2. The molecule has 0 saturated carbocycles. The summed E-state index contributed by atoms with van der Waals surface area (Å²) in [5.74, 6) is 1.45. The van der Waals surface area contributed by atoms with E-state index in [1.807, 2.05) is 6.07 Å². The molecule has 1 aromatic carbocycles. The van der Waals surface area contributed by atoms with Crippen molar-refractivity contribution in [2.45, 2.75) is 18.9 Å². The van der Waals surface area contributed by atoms with Crippen LogP contribution in [0.3, 0.4) is 0 Å². The number of nitrogens with one attached hydrogen (secondary N) is 1. The molecule has 3 rings (SSSR count). The average Bonchev–Trinajstić information content (AvgIpc) is 2.99. The molecule has 2 heterocycles. The predicted octanol–water partition coefficient (Wildman–Crippen LogP) is 1.98. The van der Waals surface area contributed by atoms with E-state index >= 15 is 0 Å². The highest BCUT2D eigenvalue weighted by atomic mass is 16.5. The molecule has 1 unspecified atom stereocenters. The summed E-state index contributed by atoms with van der Waals surface area (Å²) in [5, 5.41) is 12.8. The highest BCUT2D eigenvalue weighted by molar-refractivity contribution is 5.57. The van der Waals surface area contributed by atoms with Crippen LogP contribution < -0.4 is 10.1 Å². The summed E-state index contributed by atoms with van der Waals surface area (Å²) in [7, 11) is 0. The minimum Gasteiger partial charge on any atom is -0.508 e. The van der Waals surface area contributed by atoms with Gasteiger partial charge in [-0.15, -0.1) is 0 Å². The van der Waals surface area contributed by atoms with Crippen molar-refractivity contribution in [2.24, 2.45) is 0 Å². The van der Waals surface area contributed by atoms with Crippen LogP contribution in [0, 0.1) is 0 Å². The monoisotopic (exact) mass is 271 g/mol. The van der Waals surface area contributed by atoms with Gasteiger partial charge >= 0.3 is 0 Å². The normalized spacial score (nSPS) is 18.1. The number of phenolic OH excluding ortho intramolecular Hbond substituents is 1. The highest BCUT2D eigenvalue weighted by Gasteiger charge is 2.14. The van der Waals surface area contributed by atoms with Gasteiger partial charge in [0.15, 0.2) is 11.6 Å². The highest BCUT2D eigenvalue weighted by Crippen LogP contribution is 2.20. The predicted molar refractivity (Wildman–Crippen MR) is 75.7 cm³/mol. The molecular formula is C15H17N3O2. The maximum Gasteiger partial charge on any atom is 0.159 e. The number of hydrogen-bond acceptors (Lipinski definition) is 5. The number of ether oxygens (including phenoxy) is 1. The van der Waals surface area contributed by atoms with Crippen LogP contribution in [-0.2, 0) is 0 Å². The van der Waals surface area contributed by atoms with Crippen LogP contribution in [0.1, 0.15) is 12.8 Å². The van der Waals surface area contributed by atoms with Crippen molar-refractivity contribution < 1.29 is 9.84 Å². The fraction of sp³-hybridized carbons (Fsp3) is 0.333. The zero-order valence-corrected chi connectivity index (χ0v) is 11.1. The molecule has 0 amide bonds. The largest absolute Gasteiger partial charge is 0.508 e. The molecule has 1 aliphatic rings. The zero-order chi connectivity index (χ0) is 13.8. The molecule has 0 aliphatic carbocycles. The van der Waals surface area contributed by atoms with Crippen LogP contribution in [0.25, 0.3) is 11.4 Å². The molecule has 5 nitrogen and oxygen atoms in total. The van der Waals surface area contributed by atoms with E-state index in [1.165, 1.54) is 6.42 Å². The Morgan fingerprint density at radius 3 is 2.85 bits per heavy atom. The summed E-state index contributed by atoms with van der Waals surface area (Å²) < 4.78 is 5.67. The third-order valence-electron chi connectivity index (χ3n) is 3.35. The average molecular weight is 271 g/mol. The van der Waals surface area contributed by atoms with Gasteiger partial charge < -0.3 is 15.2 Å². The molecule has 1 saturated heterocycles. The maximum atomic E-state index is 9.45. The van der Waals surface area contributed by atoms with Crippen molar-refractivity contribution in [3.8, 4) is 22.9 Å². The van der Waals surface area contributed by atoms with Gasteiger partial charge in [0.2, 0.25) is 0 Å². The van der Waals surface area contributed by atoms with Crippen molar-refractivity contribution in [1.82, 2.24) is 15.3 Å². The first kappa shape index (κ1) is 12.9. The Hall–Kier alpha value is -2.14. The van der Waals surface area contributed by atoms with Gasteiger partial charge in [-0.1, -0.05) is 12.1 Å². The van der Waals surface area contributed by atoms with Gasteiger partial charge in [-0.2, -0.15) is 0 Å². The fourth-order valence-corrected chi connectivity index (χ4v) is 2.28.